The van der Waals surface area contributed by atoms with Gasteiger partial charge in [-0.15, -0.1) is 0 Å². The van der Waals surface area contributed by atoms with Gasteiger partial charge in [0.05, 0.1) is 32.2 Å². The Morgan fingerprint density at radius 3 is 2.19 bits per heavy atom. The van der Waals surface area contributed by atoms with Crippen LogP contribution in [0.2, 0.25) is 0 Å². The summed E-state index contributed by atoms with van der Waals surface area (Å²) in [4.78, 5) is 18.0. The number of nitrogens with zero attached hydrogens (tertiary/aromatic N) is 1. The van der Waals surface area contributed by atoms with E-state index in [0.717, 1.165) is 19.1 Å². The minimum atomic E-state index is 0.181. The van der Waals surface area contributed by atoms with E-state index in [1.54, 1.807) is 4.90 Å². The Balaban J connectivity index is 1.47. The fourth-order valence-corrected chi connectivity index (χ4v) is 4.63. The van der Waals surface area contributed by atoms with E-state index >= 15 is 0 Å². The fraction of sp³-hybridized carbons (Fsp3) is 0.941. The van der Waals surface area contributed by atoms with Crippen molar-refractivity contribution in [1.29, 1.82) is 0 Å². The molecule has 3 fully saturated rings. The zero-order valence-corrected chi connectivity index (χ0v) is 13.7. The molecule has 3 aliphatic heterocycles. The van der Waals surface area contributed by atoms with E-state index in [2.05, 4.69) is 11.8 Å². The number of likely N-dealkylation sites (tertiary alicyclic amines) is 3. The standard InChI is InChI=1S/C17H31N3O/c1-15(17(21)20-11-5-6-12-20)18-13-7-16(8-14-18)19-9-3-2-4-10-19/h15-16H,2-14H2,1H3/p+2/t15-/m1/s1. The van der Waals surface area contributed by atoms with Gasteiger partial charge in [0.2, 0.25) is 0 Å². The average molecular weight is 295 g/mol. The first kappa shape index (κ1) is 15.3. The van der Waals surface area contributed by atoms with Crippen molar-refractivity contribution in [3.63, 3.8) is 0 Å². The van der Waals surface area contributed by atoms with Gasteiger partial charge in [0.15, 0.2) is 6.04 Å². The number of carbonyl (C=O) groups excluding carboxylic acids is 1. The van der Waals surface area contributed by atoms with E-state index in [1.807, 2.05) is 4.90 Å². The monoisotopic (exact) mass is 295 g/mol. The van der Waals surface area contributed by atoms with Crippen LogP contribution in [0, 0.1) is 0 Å². The second-order valence-electron chi connectivity index (χ2n) is 7.41. The van der Waals surface area contributed by atoms with Crippen LogP contribution in [0.25, 0.3) is 0 Å². The summed E-state index contributed by atoms with van der Waals surface area (Å²) in [5.74, 6) is 0.409. The Morgan fingerprint density at radius 1 is 0.952 bits per heavy atom. The maximum atomic E-state index is 12.5. The lowest BCUT2D eigenvalue weighted by atomic mass is 9.99. The van der Waals surface area contributed by atoms with E-state index < -0.39 is 0 Å². The molecular weight excluding hydrogens is 262 g/mol. The molecule has 3 aliphatic rings. The van der Waals surface area contributed by atoms with Crippen molar-refractivity contribution in [3.05, 3.63) is 0 Å². The zero-order valence-electron chi connectivity index (χ0n) is 13.7. The number of carbonyl (C=O) groups is 1. The van der Waals surface area contributed by atoms with Crippen LogP contribution in [-0.4, -0.2) is 62.2 Å². The smallest absolute Gasteiger partial charge is 0.280 e. The number of quaternary nitrogens is 2. The van der Waals surface area contributed by atoms with Gasteiger partial charge in [0.1, 0.15) is 0 Å². The van der Waals surface area contributed by atoms with Crippen molar-refractivity contribution in [3.8, 4) is 0 Å². The normalized spacial score (nSPS) is 33.1. The van der Waals surface area contributed by atoms with Crippen molar-refractivity contribution in [2.75, 3.05) is 39.3 Å². The molecule has 3 heterocycles. The predicted octanol–water partition coefficient (Wildman–Crippen LogP) is -0.887. The van der Waals surface area contributed by atoms with Crippen molar-refractivity contribution in [2.24, 2.45) is 0 Å². The SMILES string of the molecule is C[C@H](C(=O)N1CCCC1)[NH+]1CCC([NH+]2CCCCC2)CC1. The summed E-state index contributed by atoms with van der Waals surface area (Å²) in [6, 6.07) is 1.06. The van der Waals surface area contributed by atoms with E-state index in [0.29, 0.717) is 5.91 Å². The summed E-state index contributed by atoms with van der Waals surface area (Å²) in [7, 11) is 0. The molecule has 0 aliphatic carbocycles. The highest BCUT2D eigenvalue weighted by Crippen LogP contribution is 2.09. The van der Waals surface area contributed by atoms with Crippen LogP contribution in [0.4, 0.5) is 0 Å². The largest absolute Gasteiger partial charge is 0.338 e. The van der Waals surface area contributed by atoms with Crippen LogP contribution in [-0.2, 0) is 4.79 Å². The maximum Gasteiger partial charge on any atom is 0.280 e. The summed E-state index contributed by atoms with van der Waals surface area (Å²) in [5, 5.41) is 0. The van der Waals surface area contributed by atoms with Crippen LogP contribution >= 0.6 is 0 Å². The molecule has 120 valence electrons. The molecule has 0 bridgehead atoms. The first-order valence-corrected chi connectivity index (χ1v) is 9.23. The maximum absolute atomic E-state index is 12.5. The molecule has 0 aromatic heterocycles. The molecule has 0 aromatic carbocycles. The summed E-state index contributed by atoms with van der Waals surface area (Å²) in [5.41, 5.74) is 0. The fourth-order valence-electron chi connectivity index (χ4n) is 4.63. The van der Waals surface area contributed by atoms with Crippen LogP contribution in [0.3, 0.4) is 0 Å². The highest BCUT2D eigenvalue weighted by atomic mass is 16.2. The lowest BCUT2D eigenvalue weighted by Crippen LogP contribution is -3.22. The predicted molar refractivity (Wildman–Crippen MR) is 83.5 cm³/mol. The third-order valence-electron chi connectivity index (χ3n) is 6.10. The molecule has 0 unspecified atom stereocenters. The summed E-state index contributed by atoms with van der Waals surface area (Å²) in [6.45, 7) is 9.34. The zero-order chi connectivity index (χ0) is 14.7. The third kappa shape index (κ3) is 3.59. The molecule has 0 saturated carbocycles. The van der Waals surface area contributed by atoms with Gasteiger partial charge in [0, 0.05) is 25.9 Å². The number of rotatable bonds is 3. The van der Waals surface area contributed by atoms with E-state index in [1.165, 1.54) is 71.1 Å². The Morgan fingerprint density at radius 2 is 1.57 bits per heavy atom. The number of piperidine rings is 2. The molecule has 4 nitrogen and oxygen atoms in total. The van der Waals surface area contributed by atoms with E-state index in [-0.39, 0.29) is 6.04 Å². The summed E-state index contributed by atoms with van der Waals surface area (Å²) < 4.78 is 0. The van der Waals surface area contributed by atoms with Crippen LogP contribution in [0.15, 0.2) is 0 Å². The van der Waals surface area contributed by atoms with Gasteiger partial charge in [-0.25, -0.2) is 0 Å². The molecule has 4 heteroatoms. The first-order valence-electron chi connectivity index (χ1n) is 9.23. The van der Waals surface area contributed by atoms with E-state index in [4.69, 9.17) is 0 Å². The van der Waals surface area contributed by atoms with Gasteiger partial charge >= 0.3 is 0 Å². The van der Waals surface area contributed by atoms with Gasteiger partial charge in [-0.3, -0.25) is 4.79 Å². The minimum absolute atomic E-state index is 0.181. The molecule has 0 aromatic rings. The van der Waals surface area contributed by atoms with Gasteiger partial charge in [0.25, 0.3) is 5.91 Å². The number of nitrogens with one attached hydrogen (secondary N) is 2. The molecule has 3 rings (SSSR count). The molecule has 0 radical (unpaired) electrons. The topological polar surface area (TPSA) is 29.2 Å². The quantitative estimate of drug-likeness (QED) is 0.695. The molecule has 0 spiro atoms. The highest BCUT2D eigenvalue weighted by molar-refractivity contribution is 5.80. The number of amides is 1. The average Bonchev–Trinajstić information content (AvgIpc) is 3.09. The molecule has 1 atom stereocenters. The lowest BCUT2D eigenvalue weighted by Gasteiger charge is -2.38. The molecule has 21 heavy (non-hydrogen) atoms. The van der Waals surface area contributed by atoms with Crippen LogP contribution in [0.5, 0.6) is 0 Å². The van der Waals surface area contributed by atoms with Crippen molar-refractivity contribution < 1.29 is 14.6 Å². The second-order valence-corrected chi connectivity index (χ2v) is 7.41. The molecule has 3 saturated heterocycles. The van der Waals surface area contributed by atoms with Crippen LogP contribution in [0.1, 0.15) is 51.9 Å². The van der Waals surface area contributed by atoms with Crippen molar-refractivity contribution in [1.82, 2.24) is 4.90 Å². The first-order chi connectivity index (χ1) is 10.3. The van der Waals surface area contributed by atoms with Crippen LogP contribution < -0.4 is 9.80 Å². The second kappa shape index (κ2) is 7.10. The Hall–Kier alpha value is -0.610. The number of hydrogen-bond donors (Lipinski definition) is 2. The van der Waals surface area contributed by atoms with Gasteiger partial charge in [-0.2, -0.15) is 0 Å². The van der Waals surface area contributed by atoms with Crippen molar-refractivity contribution in [2.45, 2.75) is 64.0 Å². The highest BCUT2D eigenvalue weighted by Gasteiger charge is 2.36. The number of hydrogen-bond acceptors (Lipinski definition) is 1. The van der Waals surface area contributed by atoms with Crippen molar-refractivity contribution >= 4 is 5.91 Å². The molecule has 1 amide bonds. The van der Waals surface area contributed by atoms with Gasteiger partial charge in [-0.05, 0) is 39.0 Å². The third-order valence-corrected chi connectivity index (χ3v) is 6.10. The van der Waals surface area contributed by atoms with Gasteiger partial charge in [-0.1, -0.05) is 0 Å². The Labute approximate surface area is 129 Å². The lowest BCUT2D eigenvalue weighted by molar-refractivity contribution is -0.965. The summed E-state index contributed by atoms with van der Waals surface area (Å²) in [6.07, 6.45) is 9.33. The molecular formula is C17H33N3O+2. The van der Waals surface area contributed by atoms with Gasteiger partial charge < -0.3 is 14.7 Å². The minimum Gasteiger partial charge on any atom is -0.338 e. The Kier molecular flexibility index (Phi) is 5.17. The summed E-state index contributed by atoms with van der Waals surface area (Å²) >= 11 is 0. The molecule has 2 N–H and O–H groups in total. The Bertz CT molecular complexity index is 340. The van der Waals surface area contributed by atoms with E-state index in [9.17, 15) is 4.79 Å².